The van der Waals surface area contributed by atoms with Crippen LogP contribution in [0.1, 0.15) is 61.0 Å². The van der Waals surface area contributed by atoms with Crippen molar-refractivity contribution in [3.8, 4) is 0 Å². The molecule has 1 atom stereocenters. The normalized spacial score (nSPS) is 11.7. The molecule has 0 bridgehead atoms. The molecule has 5 aromatic rings. The Balaban J connectivity index is 1.27. The van der Waals surface area contributed by atoms with E-state index in [1.807, 2.05) is 18.2 Å². The highest BCUT2D eigenvalue weighted by Gasteiger charge is 2.20. The van der Waals surface area contributed by atoms with Crippen LogP contribution in [0.25, 0.3) is 5.65 Å². The number of rotatable bonds is 10. The summed E-state index contributed by atoms with van der Waals surface area (Å²) in [6.07, 6.45) is 1.46. The molecule has 13 heteroatoms. The highest BCUT2D eigenvalue weighted by molar-refractivity contribution is 5.98. The summed E-state index contributed by atoms with van der Waals surface area (Å²) >= 11 is 0. The second kappa shape index (κ2) is 11.3. The number of nitrogens with two attached hydrogens (primary N) is 1. The first kappa shape index (κ1) is 27.7. The number of aromatic nitrogens is 3. The van der Waals surface area contributed by atoms with E-state index in [0.717, 1.165) is 11.1 Å². The third kappa shape index (κ3) is 5.56. The average molecular weight is 568 g/mol. The molecule has 0 spiro atoms. The van der Waals surface area contributed by atoms with Gasteiger partial charge in [0, 0.05) is 25.2 Å². The fourth-order valence-corrected chi connectivity index (χ4v) is 4.36. The van der Waals surface area contributed by atoms with Crippen LogP contribution in [0.4, 0.5) is 11.4 Å². The van der Waals surface area contributed by atoms with E-state index in [1.54, 1.807) is 31.2 Å². The Hall–Kier alpha value is -5.85. The number of carbonyl (C=O) groups is 3. The van der Waals surface area contributed by atoms with Crippen LogP contribution in [0.15, 0.2) is 76.4 Å². The van der Waals surface area contributed by atoms with Gasteiger partial charge in [0.2, 0.25) is 0 Å². The van der Waals surface area contributed by atoms with Gasteiger partial charge in [-0.05, 0) is 35.7 Å². The molecule has 0 radical (unpaired) electrons. The lowest BCUT2D eigenvalue weighted by Crippen LogP contribution is -2.36. The van der Waals surface area contributed by atoms with Gasteiger partial charge in [0.15, 0.2) is 5.65 Å². The van der Waals surface area contributed by atoms with E-state index in [1.165, 1.54) is 28.9 Å². The molecule has 0 aliphatic rings. The first-order valence-corrected chi connectivity index (χ1v) is 12.8. The third-order valence-corrected chi connectivity index (χ3v) is 6.69. The molecule has 212 valence electrons. The third-order valence-electron chi connectivity index (χ3n) is 6.69. The molecule has 5 rings (SSSR count). The van der Waals surface area contributed by atoms with Crippen molar-refractivity contribution in [2.24, 2.45) is 0 Å². The van der Waals surface area contributed by atoms with Crippen LogP contribution in [-0.2, 0) is 13.1 Å². The topological polar surface area (TPSA) is 198 Å². The van der Waals surface area contributed by atoms with E-state index < -0.39 is 34.7 Å². The van der Waals surface area contributed by atoms with Gasteiger partial charge >= 0.3 is 5.97 Å². The molecule has 0 aliphatic heterocycles. The predicted octanol–water partition coefficient (Wildman–Crippen LogP) is 1.64. The molecular weight excluding hydrogens is 542 g/mol. The summed E-state index contributed by atoms with van der Waals surface area (Å²) in [5.74, 6) is -2.06. The quantitative estimate of drug-likeness (QED) is 0.155. The van der Waals surface area contributed by atoms with Crippen LogP contribution in [0.3, 0.4) is 0 Å². The van der Waals surface area contributed by atoms with Gasteiger partial charge < -0.3 is 26.8 Å². The number of carboxylic acids is 1. The number of carbonyl (C=O) groups excluding carboxylic acids is 2. The maximum Gasteiger partial charge on any atom is 0.335 e. The van der Waals surface area contributed by atoms with Gasteiger partial charge in [-0.3, -0.25) is 19.2 Å². The van der Waals surface area contributed by atoms with Crippen LogP contribution >= 0.6 is 0 Å². The molecule has 13 nitrogen and oxygen atoms in total. The second-order valence-electron chi connectivity index (χ2n) is 9.55. The Morgan fingerprint density at radius 2 is 1.67 bits per heavy atom. The molecule has 0 unspecified atom stereocenters. The number of nitrogen functional groups attached to an aromatic ring is 1. The van der Waals surface area contributed by atoms with E-state index in [-0.39, 0.29) is 41.4 Å². The van der Waals surface area contributed by atoms with Gasteiger partial charge in [0.25, 0.3) is 22.7 Å². The summed E-state index contributed by atoms with van der Waals surface area (Å²) in [6, 6.07) is 15.9. The maximum absolute atomic E-state index is 13.2. The number of nitrogens with one attached hydrogen (secondary N) is 3. The van der Waals surface area contributed by atoms with Gasteiger partial charge in [-0.25, -0.2) is 14.3 Å². The minimum absolute atomic E-state index is 0.00725. The van der Waals surface area contributed by atoms with E-state index in [0.29, 0.717) is 11.2 Å². The first-order chi connectivity index (χ1) is 20.1. The minimum atomic E-state index is -1.05. The summed E-state index contributed by atoms with van der Waals surface area (Å²) in [5, 5.41) is 21.7. The molecular formula is C29H25N7O6. The molecule has 0 aliphatic carbocycles. The van der Waals surface area contributed by atoms with Crippen molar-refractivity contribution in [2.45, 2.75) is 26.1 Å². The second-order valence-corrected chi connectivity index (χ2v) is 9.55. The summed E-state index contributed by atoms with van der Waals surface area (Å²) in [6.45, 7) is 2.17. The zero-order valence-electron chi connectivity index (χ0n) is 22.2. The number of amides is 2. The molecule has 6 N–H and O–H groups in total. The number of hydrogen-bond donors (Lipinski definition) is 5. The van der Waals surface area contributed by atoms with E-state index >= 15 is 0 Å². The highest BCUT2D eigenvalue weighted by atomic mass is 16.4. The smallest absolute Gasteiger partial charge is 0.335 e. The monoisotopic (exact) mass is 567 g/mol. The van der Waals surface area contributed by atoms with Crippen LogP contribution in [0.5, 0.6) is 0 Å². The van der Waals surface area contributed by atoms with E-state index in [9.17, 15) is 24.0 Å². The average Bonchev–Trinajstić information content (AvgIpc) is 3.48. The van der Waals surface area contributed by atoms with E-state index in [2.05, 4.69) is 26.0 Å². The van der Waals surface area contributed by atoms with Crippen molar-refractivity contribution < 1.29 is 19.5 Å². The number of hydrogen-bond acceptors (Lipinski definition) is 9. The molecule has 2 heterocycles. The van der Waals surface area contributed by atoms with Crippen LogP contribution < -0.4 is 32.5 Å². The molecule has 3 aromatic carbocycles. The van der Waals surface area contributed by atoms with Crippen molar-refractivity contribution in [3.63, 3.8) is 0 Å². The zero-order valence-corrected chi connectivity index (χ0v) is 22.2. The first-order valence-electron chi connectivity index (χ1n) is 12.8. The van der Waals surface area contributed by atoms with Crippen molar-refractivity contribution in [3.05, 3.63) is 121 Å². The SMILES string of the molecule is C[C@H](NC(=O)c1cc(C(=O)NCc2cccc(CNc3c(N)c(=O)c3=O)c2)n2nccc2n1)c1ccc(C(=O)O)cc1. The summed E-state index contributed by atoms with van der Waals surface area (Å²) in [5.41, 5.74) is 7.05. The van der Waals surface area contributed by atoms with Gasteiger partial charge in [0.1, 0.15) is 22.8 Å². The molecule has 42 heavy (non-hydrogen) atoms. The minimum Gasteiger partial charge on any atom is -0.478 e. The number of anilines is 2. The Bertz CT molecular complexity index is 1900. The molecule has 0 saturated heterocycles. The summed E-state index contributed by atoms with van der Waals surface area (Å²) in [4.78, 5) is 64.6. The fourth-order valence-electron chi connectivity index (χ4n) is 4.36. The number of fused-ring (bicyclic) bond motifs is 1. The number of nitrogens with zero attached hydrogens (tertiary/aromatic N) is 3. The lowest BCUT2D eigenvalue weighted by Gasteiger charge is -2.15. The van der Waals surface area contributed by atoms with Gasteiger partial charge in [0.05, 0.1) is 17.8 Å². The van der Waals surface area contributed by atoms with Gasteiger partial charge in [-0.1, -0.05) is 36.4 Å². The summed E-state index contributed by atoms with van der Waals surface area (Å²) < 4.78 is 1.33. The van der Waals surface area contributed by atoms with Crippen molar-refractivity contribution in [2.75, 3.05) is 11.1 Å². The zero-order chi connectivity index (χ0) is 30.0. The van der Waals surface area contributed by atoms with Crippen molar-refractivity contribution in [1.29, 1.82) is 0 Å². The Morgan fingerprint density at radius 1 is 0.952 bits per heavy atom. The van der Waals surface area contributed by atoms with Crippen molar-refractivity contribution in [1.82, 2.24) is 25.2 Å². The van der Waals surface area contributed by atoms with Crippen LogP contribution in [0, 0.1) is 0 Å². The lowest BCUT2D eigenvalue weighted by atomic mass is 10.1. The Morgan fingerprint density at radius 3 is 2.36 bits per heavy atom. The van der Waals surface area contributed by atoms with Gasteiger partial charge in [-0.2, -0.15) is 5.10 Å². The number of aromatic carboxylic acids is 1. The molecule has 0 fully saturated rings. The molecule has 2 aromatic heterocycles. The van der Waals surface area contributed by atoms with Crippen LogP contribution in [0.2, 0.25) is 0 Å². The standard InChI is InChI=1S/C29H25N7O6/c1-15(18-5-7-19(8-6-18)29(41)42)34-27(39)20-12-21(36-22(35-20)9-10-33-36)28(40)32-14-17-4-2-3-16(11-17)13-31-24-23(30)25(37)26(24)38/h2-12,15,31H,13-14,30H2,1H3,(H,32,40)(H,34,39)(H,41,42)/t15-/m0/s1. The Kier molecular flexibility index (Phi) is 7.47. The lowest BCUT2D eigenvalue weighted by molar-refractivity contribution is 0.0696. The molecule has 0 saturated carbocycles. The Labute approximate surface area is 237 Å². The van der Waals surface area contributed by atoms with E-state index in [4.69, 9.17) is 10.8 Å². The largest absolute Gasteiger partial charge is 0.478 e. The maximum atomic E-state index is 13.2. The van der Waals surface area contributed by atoms with Gasteiger partial charge in [-0.15, -0.1) is 0 Å². The van der Waals surface area contributed by atoms with Crippen LogP contribution in [-0.4, -0.2) is 37.5 Å². The summed E-state index contributed by atoms with van der Waals surface area (Å²) in [7, 11) is 0. The predicted molar refractivity (Wildman–Crippen MR) is 153 cm³/mol. The highest BCUT2D eigenvalue weighted by Crippen LogP contribution is 2.16. The molecule has 2 amide bonds. The number of benzene rings is 2. The number of carboxylic acid groups (broad SMARTS) is 1. The fraction of sp³-hybridized carbons (Fsp3) is 0.138. The van der Waals surface area contributed by atoms with Crippen molar-refractivity contribution >= 4 is 34.8 Å².